The van der Waals surface area contributed by atoms with Gasteiger partial charge in [-0.2, -0.15) is 0 Å². The Bertz CT molecular complexity index is 750. The maximum Gasteiger partial charge on any atom is 0.510 e. The number of ether oxygens (including phenoxy) is 5. The van der Waals surface area contributed by atoms with Gasteiger partial charge in [0.05, 0.1) is 13.2 Å². The quantitative estimate of drug-likeness (QED) is 0.214. The van der Waals surface area contributed by atoms with Crippen molar-refractivity contribution in [3.63, 3.8) is 0 Å². The lowest BCUT2D eigenvalue weighted by Gasteiger charge is -2.19. The summed E-state index contributed by atoms with van der Waals surface area (Å²) in [5.41, 5.74) is -0.000989. The molecule has 1 saturated heterocycles. The van der Waals surface area contributed by atoms with E-state index in [1.165, 1.54) is 19.1 Å². The van der Waals surface area contributed by atoms with Crippen molar-refractivity contribution >= 4 is 18.1 Å². The lowest BCUT2D eigenvalue weighted by atomic mass is 10.2. The van der Waals surface area contributed by atoms with E-state index in [1.54, 1.807) is 12.1 Å². The first-order chi connectivity index (χ1) is 13.3. The van der Waals surface area contributed by atoms with Gasteiger partial charge < -0.3 is 23.7 Å². The van der Waals surface area contributed by atoms with Crippen molar-refractivity contribution in [1.82, 2.24) is 0 Å². The molecule has 0 bridgehead atoms. The topological polar surface area (TPSA) is 150 Å². The molecule has 1 aromatic carbocycles. The summed E-state index contributed by atoms with van der Waals surface area (Å²) < 4.78 is 24.9. The standard InChI is InChI=1S/C16H17NO11/c1-9(18)24-12-6-4-3-5-11(12)15(19)26-13-7-23-8-14(13)27-16(20)25-10(2)28-17(21)22/h3-6,10,13-14H,7-8H2,1-2H3. The third kappa shape index (κ3) is 6.09. The minimum Gasteiger partial charge on any atom is -0.452 e. The van der Waals surface area contributed by atoms with Gasteiger partial charge in [0.15, 0.2) is 12.2 Å². The number of para-hydroxylation sites is 1. The molecule has 1 fully saturated rings. The van der Waals surface area contributed by atoms with Crippen LogP contribution in [0.1, 0.15) is 24.2 Å². The van der Waals surface area contributed by atoms with Gasteiger partial charge in [-0.3, -0.25) is 9.63 Å². The summed E-state index contributed by atoms with van der Waals surface area (Å²) in [5.74, 6) is -1.42. The number of hydrogen-bond acceptors (Lipinski definition) is 11. The number of hydrogen-bond donors (Lipinski definition) is 0. The van der Waals surface area contributed by atoms with Crippen LogP contribution >= 0.6 is 0 Å². The third-order valence-electron chi connectivity index (χ3n) is 3.34. The Morgan fingerprint density at radius 3 is 2.46 bits per heavy atom. The predicted octanol–water partition coefficient (Wildman–Crippen LogP) is 1.24. The Balaban J connectivity index is 1.96. The summed E-state index contributed by atoms with van der Waals surface area (Å²) in [6, 6.07) is 5.95. The summed E-state index contributed by atoms with van der Waals surface area (Å²) in [7, 11) is 0. The van der Waals surface area contributed by atoms with Gasteiger partial charge >= 0.3 is 18.1 Å². The van der Waals surface area contributed by atoms with E-state index in [2.05, 4.69) is 9.57 Å². The molecule has 12 heteroatoms. The summed E-state index contributed by atoms with van der Waals surface area (Å²) in [5, 5.41) is 9.06. The smallest absolute Gasteiger partial charge is 0.452 e. The Labute approximate surface area is 158 Å². The van der Waals surface area contributed by atoms with Crippen LogP contribution in [0.5, 0.6) is 5.75 Å². The highest BCUT2D eigenvalue weighted by molar-refractivity contribution is 5.93. The highest BCUT2D eigenvalue weighted by Crippen LogP contribution is 2.22. The third-order valence-corrected chi connectivity index (χ3v) is 3.34. The van der Waals surface area contributed by atoms with E-state index < -0.39 is 41.7 Å². The summed E-state index contributed by atoms with van der Waals surface area (Å²) in [4.78, 5) is 49.4. The fourth-order valence-electron chi connectivity index (χ4n) is 2.24. The molecule has 1 aliphatic heterocycles. The molecule has 3 unspecified atom stereocenters. The molecule has 0 N–H and O–H groups in total. The molecule has 28 heavy (non-hydrogen) atoms. The largest absolute Gasteiger partial charge is 0.510 e. The van der Waals surface area contributed by atoms with Crippen molar-refractivity contribution in [2.45, 2.75) is 32.3 Å². The minimum absolute atomic E-state index is 0.000989. The van der Waals surface area contributed by atoms with Crippen LogP contribution in [-0.4, -0.2) is 54.9 Å². The Kier molecular flexibility index (Phi) is 7.09. The first-order valence-electron chi connectivity index (χ1n) is 8.01. The van der Waals surface area contributed by atoms with E-state index in [4.69, 9.17) is 18.9 Å². The van der Waals surface area contributed by atoms with Crippen LogP contribution < -0.4 is 4.74 Å². The van der Waals surface area contributed by atoms with Crippen LogP contribution in [0.2, 0.25) is 0 Å². The van der Waals surface area contributed by atoms with E-state index in [1.807, 2.05) is 0 Å². The van der Waals surface area contributed by atoms with Crippen LogP contribution in [0, 0.1) is 10.1 Å². The molecule has 1 aromatic rings. The van der Waals surface area contributed by atoms with Gasteiger partial charge in [-0.15, -0.1) is 10.1 Å². The summed E-state index contributed by atoms with van der Waals surface area (Å²) >= 11 is 0. The molecule has 0 aromatic heterocycles. The number of benzene rings is 1. The van der Waals surface area contributed by atoms with Gasteiger partial charge in [-0.1, -0.05) is 12.1 Å². The molecule has 152 valence electrons. The number of esters is 2. The van der Waals surface area contributed by atoms with E-state index >= 15 is 0 Å². The Morgan fingerprint density at radius 2 is 1.82 bits per heavy atom. The first-order valence-corrected chi connectivity index (χ1v) is 8.01. The van der Waals surface area contributed by atoms with E-state index in [9.17, 15) is 24.5 Å². The van der Waals surface area contributed by atoms with Crippen LogP contribution in [0.3, 0.4) is 0 Å². The van der Waals surface area contributed by atoms with E-state index in [0.717, 1.165) is 6.92 Å². The molecule has 3 atom stereocenters. The zero-order valence-electron chi connectivity index (χ0n) is 14.9. The normalized spacial score (nSPS) is 19.2. The highest BCUT2D eigenvalue weighted by Gasteiger charge is 2.36. The van der Waals surface area contributed by atoms with E-state index in [0.29, 0.717) is 0 Å². The van der Waals surface area contributed by atoms with Gasteiger partial charge in [0.2, 0.25) is 6.29 Å². The zero-order chi connectivity index (χ0) is 20.7. The van der Waals surface area contributed by atoms with Crippen molar-refractivity contribution in [1.29, 1.82) is 0 Å². The summed E-state index contributed by atoms with van der Waals surface area (Å²) in [6.45, 7) is 2.17. The van der Waals surface area contributed by atoms with Crippen molar-refractivity contribution < 1.29 is 48.0 Å². The van der Waals surface area contributed by atoms with Crippen LogP contribution in [0.15, 0.2) is 24.3 Å². The van der Waals surface area contributed by atoms with Gasteiger partial charge in [0, 0.05) is 6.92 Å². The molecule has 1 heterocycles. The SMILES string of the molecule is CC(=O)Oc1ccccc1C(=O)OC1COCC1OC(=O)OC(C)O[N+](=O)[O-]. The van der Waals surface area contributed by atoms with Crippen molar-refractivity contribution in [2.75, 3.05) is 13.2 Å². The molecule has 0 aliphatic carbocycles. The molecule has 0 saturated carbocycles. The Morgan fingerprint density at radius 1 is 1.18 bits per heavy atom. The molecule has 2 rings (SSSR count). The average molecular weight is 399 g/mol. The fraction of sp³-hybridized carbons (Fsp3) is 0.438. The molecule has 0 amide bonds. The van der Waals surface area contributed by atoms with E-state index in [-0.39, 0.29) is 24.5 Å². The van der Waals surface area contributed by atoms with Crippen molar-refractivity contribution in [2.24, 2.45) is 0 Å². The molecule has 12 nitrogen and oxygen atoms in total. The lowest BCUT2D eigenvalue weighted by molar-refractivity contribution is -0.777. The van der Waals surface area contributed by atoms with Crippen LogP contribution in [-0.2, 0) is 28.6 Å². The van der Waals surface area contributed by atoms with Crippen LogP contribution in [0.25, 0.3) is 0 Å². The second kappa shape index (κ2) is 9.50. The predicted molar refractivity (Wildman–Crippen MR) is 86.7 cm³/mol. The maximum atomic E-state index is 12.4. The van der Waals surface area contributed by atoms with Gasteiger partial charge in [0.25, 0.3) is 5.09 Å². The molecule has 0 spiro atoms. The second-order valence-electron chi connectivity index (χ2n) is 5.49. The van der Waals surface area contributed by atoms with Crippen molar-refractivity contribution in [3.05, 3.63) is 39.9 Å². The maximum absolute atomic E-state index is 12.4. The second-order valence-corrected chi connectivity index (χ2v) is 5.49. The van der Waals surface area contributed by atoms with Gasteiger partial charge in [-0.25, -0.2) is 9.59 Å². The number of carbonyl (C=O) groups excluding carboxylic acids is 3. The number of nitrogens with zero attached hydrogens (tertiary/aromatic N) is 1. The number of rotatable bonds is 7. The van der Waals surface area contributed by atoms with Gasteiger partial charge in [0.1, 0.15) is 11.3 Å². The monoisotopic (exact) mass is 399 g/mol. The van der Waals surface area contributed by atoms with Crippen LogP contribution in [0.4, 0.5) is 4.79 Å². The highest BCUT2D eigenvalue weighted by atomic mass is 17.0. The average Bonchev–Trinajstić information content (AvgIpc) is 3.00. The fourth-order valence-corrected chi connectivity index (χ4v) is 2.24. The molecular formula is C16H17NO11. The lowest BCUT2D eigenvalue weighted by Crippen LogP contribution is -2.35. The zero-order valence-corrected chi connectivity index (χ0v) is 14.9. The summed E-state index contributed by atoms with van der Waals surface area (Å²) in [6.07, 6.45) is -4.70. The van der Waals surface area contributed by atoms with Gasteiger partial charge in [-0.05, 0) is 19.1 Å². The molecular weight excluding hydrogens is 382 g/mol. The molecule has 1 aliphatic rings. The number of carbonyl (C=O) groups is 3. The molecule has 0 radical (unpaired) electrons. The van der Waals surface area contributed by atoms with Crippen molar-refractivity contribution in [3.8, 4) is 5.75 Å². The first kappa shape index (κ1) is 20.9. The Hall–Kier alpha value is -3.41. The minimum atomic E-state index is -1.48.